The van der Waals surface area contributed by atoms with Crippen LogP contribution in [0.15, 0.2) is 127 Å². The second-order valence-electron chi connectivity index (χ2n) is 21.2. The van der Waals surface area contributed by atoms with Crippen LogP contribution in [0.2, 0.25) is 0 Å². The molecular formula is C57H57N. The van der Waals surface area contributed by atoms with Crippen molar-refractivity contribution in [3.05, 3.63) is 161 Å². The lowest BCUT2D eigenvalue weighted by Crippen LogP contribution is -2.55. The first-order chi connectivity index (χ1) is 28.0. The van der Waals surface area contributed by atoms with Crippen molar-refractivity contribution in [1.82, 2.24) is 0 Å². The molecule has 0 amide bonds. The third-order valence-corrected chi connectivity index (χ3v) is 16.9. The monoisotopic (exact) mass is 755 g/mol. The molecule has 0 heterocycles. The molecule has 4 saturated carbocycles. The first kappa shape index (κ1) is 35.1. The Labute approximate surface area is 346 Å². The summed E-state index contributed by atoms with van der Waals surface area (Å²) in [6.07, 6.45) is 9.40. The minimum absolute atomic E-state index is 0.0204. The van der Waals surface area contributed by atoms with Gasteiger partial charge in [-0.1, -0.05) is 145 Å². The van der Waals surface area contributed by atoms with Gasteiger partial charge in [0.05, 0.1) is 11.4 Å². The van der Waals surface area contributed by atoms with Crippen LogP contribution >= 0.6 is 0 Å². The van der Waals surface area contributed by atoms with Crippen LogP contribution in [0.3, 0.4) is 0 Å². The predicted molar refractivity (Wildman–Crippen MR) is 243 cm³/mol. The lowest BCUT2D eigenvalue weighted by molar-refractivity contribution is -0.0399. The van der Waals surface area contributed by atoms with Gasteiger partial charge < -0.3 is 4.90 Å². The smallest absolute Gasteiger partial charge is 0.0546 e. The summed E-state index contributed by atoms with van der Waals surface area (Å²) in [6, 6.07) is 50.1. The SMILES string of the molecule is CC1(C)CCC(C)(C)c2c(N(c3ccc4c(c3)C(C)(C)c3ccccc3-4)c3ccc4c(c3-c3ccccc3)-c3ccccc3C43C4CC5CC(C4)CC3C5)cccc21. The second kappa shape index (κ2) is 11.9. The summed E-state index contributed by atoms with van der Waals surface area (Å²) in [5.41, 5.74) is 21.5. The van der Waals surface area contributed by atoms with Gasteiger partial charge in [0.1, 0.15) is 0 Å². The van der Waals surface area contributed by atoms with E-state index in [1.165, 1.54) is 118 Å². The molecule has 6 aromatic carbocycles. The molecule has 7 aliphatic carbocycles. The Morgan fingerprint density at radius 1 is 0.448 bits per heavy atom. The number of hydrogen-bond donors (Lipinski definition) is 0. The fourth-order valence-corrected chi connectivity index (χ4v) is 14.4. The summed E-state index contributed by atoms with van der Waals surface area (Å²) in [5, 5.41) is 0. The highest BCUT2D eigenvalue weighted by molar-refractivity contribution is 6.02. The maximum absolute atomic E-state index is 2.72. The van der Waals surface area contributed by atoms with E-state index in [2.05, 4.69) is 174 Å². The number of hydrogen-bond acceptors (Lipinski definition) is 1. The van der Waals surface area contributed by atoms with Gasteiger partial charge in [-0.3, -0.25) is 0 Å². The van der Waals surface area contributed by atoms with Crippen molar-refractivity contribution in [2.45, 2.75) is 108 Å². The molecule has 4 bridgehead atoms. The van der Waals surface area contributed by atoms with Crippen molar-refractivity contribution in [3.8, 4) is 33.4 Å². The first-order valence-electron chi connectivity index (χ1n) is 22.5. The normalized spacial score (nSPS) is 26.8. The fraction of sp³-hybridized carbons (Fsp3) is 0.368. The highest BCUT2D eigenvalue weighted by Crippen LogP contribution is 2.71. The van der Waals surface area contributed by atoms with E-state index in [1.807, 2.05) is 0 Å². The molecule has 1 heteroatoms. The maximum Gasteiger partial charge on any atom is 0.0546 e. The van der Waals surface area contributed by atoms with Crippen LogP contribution in [0, 0.1) is 23.7 Å². The molecule has 0 unspecified atom stereocenters. The molecule has 7 aliphatic rings. The zero-order chi connectivity index (χ0) is 39.3. The topological polar surface area (TPSA) is 3.24 Å². The molecule has 6 aromatic rings. The van der Waals surface area contributed by atoms with Crippen LogP contribution < -0.4 is 4.90 Å². The zero-order valence-electron chi connectivity index (χ0n) is 35.3. The second-order valence-corrected chi connectivity index (χ2v) is 21.2. The Morgan fingerprint density at radius 2 is 1.07 bits per heavy atom. The molecule has 0 atom stereocenters. The summed E-state index contributed by atoms with van der Waals surface area (Å²) in [6.45, 7) is 14.8. The van der Waals surface area contributed by atoms with Crippen LogP contribution in [0.5, 0.6) is 0 Å². The van der Waals surface area contributed by atoms with Gasteiger partial charge in [-0.2, -0.15) is 0 Å². The summed E-state index contributed by atoms with van der Waals surface area (Å²) >= 11 is 0. The van der Waals surface area contributed by atoms with Gasteiger partial charge in [-0.25, -0.2) is 0 Å². The van der Waals surface area contributed by atoms with Crippen molar-refractivity contribution in [2.75, 3.05) is 4.90 Å². The van der Waals surface area contributed by atoms with E-state index in [4.69, 9.17) is 0 Å². The molecule has 0 aliphatic heterocycles. The Balaban J connectivity index is 1.18. The van der Waals surface area contributed by atoms with Gasteiger partial charge >= 0.3 is 0 Å². The lowest BCUT2D eigenvalue weighted by atomic mass is 9.43. The molecule has 0 aromatic heterocycles. The Kier molecular flexibility index (Phi) is 7.18. The largest absolute Gasteiger partial charge is 0.310 e. The Bertz CT molecular complexity index is 2640. The van der Waals surface area contributed by atoms with E-state index < -0.39 is 0 Å². The summed E-state index contributed by atoms with van der Waals surface area (Å²) < 4.78 is 0. The quantitative estimate of drug-likeness (QED) is 0.173. The third kappa shape index (κ3) is 4.54. The van der Waals surface area contributed by atoms with E-state index in [-0.39, 0.29) is 21.7 Å². The van der Waals surface area contributed by atoms with Gasteiger partial charge in [-0.05, 0) is 165 Å². The highest BCUT2D eigenvalue weighted by Gasteiger charge is 2.62. The van der Waals surface area contributed by atoms with Gasteiger partial charge in [0.2, 0.25) is 0 Å². The summed E-state index contributed by atoms with van der Waals surface area (Å²) in [5.74, 6) is 3.28. The van der Waals surface area contributed by atoms with Crippen molar-refractivity contribution in [1.29, 1.82) is 0 Å². The first-order valence-corrected chi connectivity index (χ1v) is 22.5. The van der Waals surface area contributed by atoms with Crippen LogP contribution in [0.25, 0.3) is 33.4 Å². The van der Waals surface area contributed by atoms with Crippen molar-refractivity contribution < 1.29 is 0 Å². The number of rotatable bonds is 4. The highest BCUT2D eigenvalue weighted by atomic mass is 15.2. The molecular weight excluding hydrogens is 699 g/mol. The Hall–Kier alpha value is -4.88. The van der Waals surface area contributed by atoms with Crippen LogP contribution in [-0.4, -0.2) is 0 Å². The Morgan fingerprint density at radius 3 is 1.81 bits per heavy atom. The van der Waals surface area contributed by atoms with E-state index in [1.54, 1.807) is 11.1 Å². The predicted octanol–water partition coefficient (Wildman–Crippen LogP) is 15.2. The van der Waals surface area contributed by atoms with E-state index in [0.29, 0.717) is 0 Å². The van der Waals surface area contributed by atoms with Crippen molar-refractivity contribution in [3.63, 3.8) is 0 Å². The molecule has 0 saturated heterocycles. The zero-order valence-corrected chi connectivity index (χ0v) is 35.3. The average Bonchev–Trinajstić information content (AvgIpc) is 3.64. The van der Waals surface area contributed by atoms with Crippen molar-refractivity contribution in [2.24, 2.45) is 23.7 Å². The van der Waals surface area contributed by atoms with Gasteiger partial charge in [0.15, 0.2) is 0 Å². The molecule has 290 valence electrons. The van der Waals surface area contributed by atoms with Gasteiger partial charge in [0, 0.05) is 22.1 Å². The molecule has 4 fully saturated rings. The maximum atomic E-state index is 2.72. The standard InChI is InChI=1S/C57H57N/c1-54(2)27-28-55(3,4)53-47(54)21-14-22-50(53)58(40-23-24-42-41-17-10-12-19-44(41)56(5,6)48(42)34-40)49-26-25-46-52(51(49)37-15-8-7-9-16-37)43-18-11-13-20-45(43)57(46)38-30-35-29-36(32-38)33-39(57)31-35/h7-26,34-36,38-39H,27-33H2,1-6H3. The van der Waals surface area contributed by atoms with E-state index >= 15 is 0 Å². The van der Waals surface area contributed by atoms with Crippen LogP contribution in [-0.2, 0) is 21.7 Å². The van der Waals surface area contributed by atoms with E-state index in [9.17, 15) is 0 Å². The molecule has 1 nitrogen and oxygen atoms in total. The molecule has 58 heavy (non-hydrogen) atoms. The summed E-state index contributed by atoms with van der Waals surface area (Å²) in [7, 11) is 0. The fourth-order valence-electron chi connectivity index (χ4n) is 14.4. The number of benzene rings is 6. The van der Waals surface area contributed by atoms with Crippen LogP contribution in [0.1, 0.15) is 120 Å². The molecule has 0 N–H and O–H groups in total. The number of anilines is 3. The molecule has 0 radical (unpaired) electrons. The minimum Gasteiger partial charge on any atom is -0.310 e. The van der Waals surface area contributed by atoms with Crippen molar-refractivity contribution >= 4 is 17.1 Å². The third-order valence-electron chi connectivity index (χ3n) is 16.9. The van der Waals surface area contributed by atoms with Gasteiger partial charge in [0.25, 0.3) is 0 Å². The number of nitrogens with zero attached hydrogens (tertiary/aromatic N) is 1. The average molecular weight is 756 g/mol. The van der Waals surface area contributed by atoms with Crippen LogP contribution in [0.4, 0.5) is 17.1 Å². The van der Waals surface area contributed by atoms with E-state index in [0.717, 1.165) is 23.7 Å². The van der Waals surface area contributed by atoms with Gasteiger partial charge in [-0.15, -0.1) is 0 Å². The summed E-state index contributed by atoms with van der Waals surface area (Å²) in [4.78, 5) is 2.72. The number of fused-ring (bicyclic) bond motifs is 7. The molecule has 13 rings (SSSR count). The lowest BCUT2D eigenvalue weighted by Gasteiger charge is -2.61. The minimum atomic E-state index is -0.101. The molecule has 1 spiro atoms.